The zero-order valence-corrected chi connectivity index (χ0v) is 7.92. The fraction of sp³-hybridized carbons (Fsp3) is 0.556. The summed E-state index contributed by atoms with van der Waals surface area (Å²) in [5, 5.41) is 6.02. The number of nitrogens with zero attached hydrogens (tertiary/aromatic N) is 1. The van der Waals surface area contributed by atoms with Crippen molar-refractivity contribution in [3.8, 4) is 0 Å². The van der Waals surface area contributed by atoms with Gasteiger partial charge in [0, 0.05) is 18.9 Å². The number of aromatic nitrogens is 2. The number of amides is 1. The van der Waals surface area contributed by atoms with Gasteiger partial charge in [0.2, 0.25) is 5.91 Å². The smallest absolute Gasteiger partial charge is 0.224 e. The second-order valence-electron chi connectivity index (χ2n) is 3.44. The van der Waals surface area contributed by atoms with Crippen molar-refractivity contribution in [3.63, 3.8) is 0 Å². The molecule has 5 nitrogen and oxygen atoms in total. The van der Waals surface area contributed by atoms with Crippen LogP contribution in [-0.4, -0.2) is 29.0 Å². The lowest BCUT2D eigenvalue weighted by molar-refractivity contribution is -0.124. The molecule has 1 aromatic heterocycles. The van der Waals surface area contributed by atoms with Crippen molar-refractivity contribution >= 4 is 5.91 Å². The van der Waals surface area contributed by atoms with E-state index in [1.165, 1.54) is 0 Å². The van der Waals surface area contributed by atoms with E-state index in [1.807, 2.05) is 0 Å². The molecule has 1 amide bonds. The Morgan fingerprint density at radius 3 is 3.29 bits per heavy atom. The van der Waals surface area contributed by atoms with Crippen LogP contribution in [-0.2, 0) is 11.3 Å². The fourth-order valence-corrected chi connectivity index (χ4v) is 1.59. The molecule has 0 aromatic carbocycles. The summed E-state index contributed by atoms with van der Waals surface area (Å²) < 4.78 is 0. The summed E-state index contributed by atoms with van der Waals surface area (Å²) in [6.45, 7) is 2.23. The number of imidazole rings is 1. The molecule has 1 aliphatic heterocycles. The highest BCUT2D eigenvalue weighted by molar-refractivity contribution is 5.79. The van der Waals surface area contributed by atoms with Gasteiger partial charge in [0.15, 0.2) is 0 Å². The van der Waals surface area contributed by atoms with E-state index in [9.17, 15) is 4.79 Å². The van der Waals surface area contributed by atoms with Crippen molar-refractivity contribution in [3.05, 3.63) is 18.2 Å². The highest BCUT2D eigenvalue weighted by atomic mass is 16.1. The number of H-pyrrole nitrogens is 1. The number of nitrogens with one attached hydrogen (secondary N) is 3. The van der Waals surface area contributed by atoms with E-state index >= 15 is 0 Å². The summed E-state index contributed by atoms with van der Waals surface area (Å²) in [6, 6.07) is 0. The molecule has 1 atom stereocenters. The highest BCUT2D eigenvalue weighted by Crippen LogP contribution is 2.06. The number of hydrogen-bond donors (Lipinski definition) is 3. The van der Waals surface area contributed by atoms with Crippen LogP contribution in [0.5, 0.6) is 0 Å². The molecule has 1 aliphatic rings. The first-order chi connectivity index (χ1) is 6.86. The van der Waals surface area contributed by atoms with E-state index < -0.39 is 0 Å². The minimum absolute atomic E-state index is 0.117. The minimum Gasteiger partial charge on any atom is -0.349 e. The Hall–Kier alpha value is -1.36. The van der Waals surface area contributed by atoms with Gasteiger partial charge in [0.05, 0.1) is 12.5 Å². The predicted molar refractivity (Wildman–Crippen MR) is 51.4 cm³/mol. The molecular weight excluding hydrogens is 180 g/mol. The number of aromatic amines is 1. The molecule has 1 saturated heterocycles. The van der Waals surface area contributed by atoms with Gasteiger partial charge in [-0.05, 0) is 13.0 Å². The Labute approximate surface area is 82.3 Å². The van der Waals surface area contributed by atoms with E-state index in [1.54, 1.807) is 12.4 Å². The largest absolute Gasteiger partial charge is 0.349 e. The normalized spacial score (nSPS) is 21.0. The predicted octanol–water partition coefficient (Wildman–Crippen LogP) is -0.365. The molecule has 3 N–H and O–H groups in total. The Bertz CT molecular complexity index is 290. The van der Waals surface area contributed by atoms with Crippen molar-refractivity contribution in [1.82, 2.24) is 20.6 Å². The van der Waals surface area contributed by atoms with E-state index in [4.69, 9.17) is 0 Å². The monoisotopic (exact) mass is 194 g/mol. The maximum Gasteiger partial charge on any atom is 0.224 e. The number of carbonyl (C=O) groups is 1. The Balaban J connectivity index is 1.77. The topological polar surface area (TPSA) is 69.8 Å². The summed E-state index contributed by atoms with van der Waals surface area (Å²) in [4.78, 5) is 18.5. The molecule has 0 saturated carbocycles. The quantitative estimate of drug-likeness (QED) is 0.615. The van der Waals surface area contributed by atoms with Crippen LogP contribution >= 0.6 is 0 Å². The molecule has 0 radical (unpaired) electrons. The van der Waals surface area contributed by atoms with Crippen molar-refractivity contribution < 1.29 is 4.79 Å². The van der Waals surface area contributed by atoms with Crippen LogP contribution < -0.4 is 10.6 Å². The molecule has 76 valence electrons. The molecule has 14 heavy (non-hydrogen) atoms. The van der Waals surface area contributed by atoms with Crippen molar-refractivity contribution in [2.24, 2.45) is 5.92 Å². The van der Waals surface area contributed by atoms with Crippen molar-refractivity contribution in [2.45, 2.75) is 13.0 Å². The van der Waals surface area contributed by atoms with Gasteiger partial charge in [-0.2, -0.15) is 0 Å². The third kappa shape index (κ3) is 2.11. The van der Waals surface area contributed by atoms with E-state index in [0.717, 1.165) is 25.3 Å². The van der Waals surface area contributed by atoms with Gasteiger partial charge < -0.3 is 15.6 Å². The van der Waals surface area contributed by atoms with Crippen LogP contribution in [0, 0.1) is 5.92 Å². The summed E-state index contributed by atoms with van der Waals surface area (Å²) in [5.74, 6) is 1.04. The lowest BCUT2D eigenvalue weighted by Gasteiger charge is -2.07. The number of carbonyl (C=O) groups excluding carboxylic acids is 1. The molecule has 5 heteroatoms. The summed E-state index contributed by atoms with van der Waals surface area (Å²) >= 11 is 0. The lowest BCUT2D eigenvalue weighted by Crippen LogP contribution is -2.31. The first-order valence-corrected chi connectivity index (χ1v) is 4.83. The van der Waals surface area contributed by atoms with Gasteiger partial charge in [-0.3, -0.25) is 4.79 Å². The Morgan fingerprint density at radius 1 is 1.71 bits per heavy atom. The van der Waals surface area contributed by atoms with Crippen LogP contribution in [0.15, 0.2) is 12.4 Å². The van der Waals surface area contributed by atoms with Crippen LogP contribution in [0.3, 0.4) is 0 Å². The fourth-order valence-electron chi connectivity index (χ4n) is 1.59. The molecule has 0 spiro atoms. The number of rotatable bonds is 3. The zero-order chi connectivity index (χ0) is 9.80. The van der Waals surface area contributed by atoms with E-state index in [0.29, 0.717) is 6.54 Å². The Kier molecular flexibility index (Phi) is 2.78. The van der Waals surface area contributed by atoms with Crippen molar-refractivity contribution in [1.29, 1.82) is 0 Å². The highest BCUT2D eigenvalue weighted by Gasteiger charge is 2.21. The zero-order valence-electron chi connectivity index (χ0n) is 7.92. The minimum atomic E-state index is 0.117. The van der Waals surface area contributed by atoms with Gasteiger partial charge in [-0.1, -0.05) is 0 Å². The number of hydrogen-bond acceptors (Lipinski definition) is 3. The molecule has 0 aliphatic carbocycles. The standard InChI is InChI=1S/C9H14N4O/c14-9(7-1-2-10-5-7)13-6-8-11-3-4-12-8/h3-4,7,10H,1-2,5-6H2,(H,11,12)(H,13,14). The maximum atomic E-state index is 11.5. The molecule has 2 heterocycles. The third-order valence-corrected chi connectivity index (χ3v) is 2.42. The SMILES string of the molecule is O=C(NCc1ncc[nH]1)C1CCNC1. The first kappa shape index (κ1) is 9.21. The van der Waals surface area contributed by atoms with E-state index in [2.05, 4.69) is 20.6 Å². The second kappa shape index (κ2) is 4.23. The lowest BCUT2D eigenvalue weighted by atomic mass is 10.1. The van der Waals surface area contributed by atoms with Crippen LogP contribution in [0.4, 0.5) is 0 Å². The summed E-state index contributed by atoms with van der Waals surface area (Å²) in [5.41, 5.74) is 0. The van der Waals surface area contributed by atoms with Gasteiger partial charge in [-0.25, -0.2) is 4.98 Å². The first-order valence-electron chi connectivity index (χ1n) is 4.83. The molecule has 2 rings (SSSR count). The van der Waals surface area contributed by atoms with Crippen LogP contribution in [0.1, 0.15) is 12.2 Å². The molecule has 1 aromatic rings. The Morgan fingerprint density at radius 2 is 2.64 bits per heavy atom. The van der Waals surface area contributed by atoms with Gasteiger partial charge >= 0.3 is 0 Å². The maximum absolute atomic E-state index is 11.5. The molecule has 1 unspecified atom stereocenters. The summed E-state index contributed by atoms with van der Waals surface area (Å²) in [6.07, 6.45) is 4.36. The van der Waals surface area contributed by atoms with Gasteiger partial charge in [-0.15, -0.1) is 0 Å². The molecular formula is C9H14N4O. The molecule has 0 bridgehead atoms. The van der Waals surface area contributed by atoms with Crippen LogP contribution in [0.2, 0.25) is 0 Å². The molecule has 1 fully saturated rings. The van der Waals surface area contributed by atoms with Crippen LogP contribution in [0.25, 0.3) is 0 Å². The third-order valence-electron chi connectivity index (χ3n) is 2.42. The van der Waals surface area contributed by atoms with Gasteiger partial charge in [0.25, 0.3) is 0 Å². The second-order valence-corrected chi connectivity index (χ2v) is 3.44. The van der Waals surface area contributed by atoms with E-state index in [-0.39, 0.29) is 11.8 Å². The van der Waals surface area contributed by atoms with Crippen molar-refractivity contribution in [2.75, 3.05) is 13.1 Å². The van der Waals surface area contributed by atoms with Gasteiger partial charge in [0.1, 0.15) is 5.82 Å². The summed E-state index contributed by atoms with van der Waals surface area (Å²) in [7, 11) is 0. The average molecular weight is 194 g/mol. The average Bonchev–Trinajstić information content (AvgIpc) is 2.87.